The fourth-order valence-electron chi connectivity index (χ4n) is 1.53. The lowest BCUT2D eigenvalue weighted by Gasteiger charge is -2.13. The Hall–Kier alpha value is -1.91. The molecule has 5 nitrogen and oxygen atoms in total. The van der Waals surface area contributed by atoms with Crippen molar-refractivity contribution in [3.8, 4) is 0 Å². The van der Waals surface area contributed by atoms with Crippen molar-refractivity contribution in [2.24, 2.45) is 0 Å². The van der Waals surface area contributed by atoms with E-state index in [1.54, 1.807) is 12.1 Å². The van der Waals surface area contributed by atoms with Gasteiger partial charge in [-0.1, -0.05) is 19.1 Å². The lowest BCUT2D eigenvalue weighted by atomic mass is 10.1. The molecule has 0 saturated carbocycles. The molecule has 17 heavy (non-hydrogen) atoms. The molecule has 1 N–H and O–H groups in total. The van der Waals surface area contributed by atoms with Gasteiger partial charge in [-0.2, -0.15) is 0 Å². The van der Waals surface area contributed by atoms with Crippen LogP contribution < -0.4 is 5.32 Å². The Morgan fingerprint density at radius 2 is 2.24 bits per heavy atom. The van der Waals surface area contributed by atoms with Gasteiger partial charge in [0, 0.05) is 18.6 Å². The van der Waals surface area contributed by atoms with E-state index in [2.05, 4.69) is 5.32 Å². The van der Waals surface area contributed by atoms with Gasteiger partial charge in [0.05, 0.1) is 11.0 Å². The van der Waals surface area contributed by atoms with Crippen LogP contribution in [0, 0.1) is 10.1 Å². The quantitative estimate of drug-likeness (QED) is 0.630. The van der Waals surface area contributed by atoms with Crippen molar-refractivity contribution in [3.05, 3.63) is 39.9 Å². The van der Waals surface area contributed by atoms with Gasteiger partial charge in [-0.05, 0) is 18.9 Å². The van der Waals surface area contributed by atoms with E-state index in [9.17, 15) is 14.9 Å². The van der Waals surface area contributed by atoms with Crippen molar-refractivity contribution in [2.75, 3.05) is 0 Å². The fourth-order valence-corrected chi connectivity index (χ4v) is 1.53. The van der Waals surface area contributed by atoms with E-state index in [1.807, 2.05) is 13.8 Å². The van der Waals surface area contributed by atoms with E-state index in [4.69, 9.17) is 0 Å². The first-order valence-corrected chi connectivity index (χ1v) is 5.58. The third kappa shape index (κ3) is 3.86. The smallest absolute Gasteiger partial charge is 0.269 e. The summed E-state index contributed by atoms with van der Waals surface area (Å²) in [4.78, 5) is 21.6. The number of nitro benzene ring substituents is 1. The average Bonchev–Trinajstić information content (AvgIpc) is 2.29. The second-order valence-electron chi connectivity index (χ2n) is 3.89. The molecule has 92 valence electrons. The number of non-ortho nitro benzene ring substituents is 1. The van der Waals surface area contributed by atoms with Crippen molar-refractivity contribution >= 4 is 11.6 Å². The minimum Gasteiger partial charge on any atom is -0.350 e. The molecule has 1 aromatic rings. The molecule has 0 heterocycles. The number of rotatable bonds is 5. The van der Waals surface area contributed by atoms with Crippen LogP contribution in [0.3, 0.4) is 0 Å². The molecule has 1 atom stereocenters. The Morgan fingerprint density at radius 3 is 2.82 bits per heavy atom. The fraction of sp³-hybridized carbons (Fsp3) is 0.417. The van der Waals surface area contributed by atoms with Crippen molar-refractivity contribution in [2.45, 2.75) is 32.7 Å². The van der Waals surface area contributed by atoms with Crippen molar-refractivity contribution in [3.63, 3.8) is 0 Å². The summed E-state index contributed by atoms with van der Waals surface area (Å²) < 4.78 is 0. The van der Waals surface area contributed by atoms with Crippen LogP contribution in [0.25, 0.3) is 0 Å². The van der Waals surface area contributed by atoms with Gasteiger partial charge < -0.3 is 5.32 Å². The molecular weight excluding hydrogens is 220 g/mol. The summed E-state index contributed by atoms with van der Waals surface area (Å²) in [6, 6.07) is 6.09. The Balaban J connectivity index is 2.75. The highest BCUT2D eigenvalue weighted by molar-refractivity contribution is 5.76. The molecular formula is C12H16N2O3. The van der Waals surface area contributed by atoms with E-state index >= 15 is 0 Å². The minimum atomic E-state index is -0.440. The summed E-state index contributed by atoms with van der Waals surface area (Å²) in [7, 11) is 0. The molecule has 0 aromatic heterocycles. The topological polar surface area (TPSA) is 72.2 Å². The zero-order valence-electron chi connectivity index (χ0n) is 9.97. The lowest BCUT2D eigenvalue weighted by molar-refractivity contribution is -0.384. The number of nitro groups is 1. The lowest BCUT2D eigenvalue weighted by Crippen LogP contribution is -2.26. The van der Waals surface area contributed by atoms with Gasteiger partial charge in [0.2, 0.25) is 5.91 Å². The largest absolute Gasteiger partial charge is 0.350 e. The number of carbonyl (C=O) groups excluding carboxylic acids is 1. The Bertz CT molecular complexity index is 418. The highest BCUT2D eigenvalue weighted by Crippen LogP contribution is 2.18. The molecule has 0 aliphatic rings. The highest BCUT2D eigenvalue weighted by Gasteiger charge is 2.12. The maximum absolute atomic E-state index is 11.4. The van der Waals surface area contributed by atoms with Crippen LogP contribution in [0.5, 0.6) is 0 Å². The molecule has 0 spiro atoms. The SMILES string of the molecule is CCCC(=O)NC(C)c1cccc([N+](=O)[O-])c1. The van der Waals surface area contributed by atoms with Crippen LogP contribution >= 0.6 is 0 Å². The second kappa shape index (κ2) is 5.98. The Labute approximate surface area is 100.0 Å². The monoisotopic (exact) mass is 236 g/mol. The van der Waals surface area contributed by atoms with Crippen LogP contribution in [0.2, 0.25) is 0 Å². The average molecular weight is 236 g/mol. The predicted octanol–water partition coefficient (Wildman–Crippen LogP) is 2.57. The van der Waals surface area contributed by atoms with E-state index in [0.29, 0.717) is 6.42 Å². The van der Waals surface area contributed by atoms with Gasteiger partial charge in [0.25, 0.3) is 5.69 Å². The first-order chi connectivity index (χ1) is 8.04. The molecule has 1 unspecified atom stereocenters. The first kappa shape index (κ1) is 13.2. The summed E-state index contributed by atoms with van der Waals surface area (Å²) in [5.74, 6) is -0.0356. The number of amides is 1. The first-order valence-electron chi connectivity index (χ1n) is 5.58. The van der Waals surface area contributed by atoms with E-state index in [0.717, 1.165) is 12.0 Å². The minimum absolute atomic E-state index is 0.0356. The maximum atomic E-state index is 11.4. The summed E-state index contributed by atoms with van der Waals surface area (Å²) >= 11 is 0. The molecule has 0 aliphatic carbocycles. The third-order valence-electron chi connectivity index (χ3n) is 2.44. The molecule has 5 heteroatoms. The van der Waals surface area contributed by atoms with Crippen LogP contribution in [0.15, 0.2) is 24.3 Å². The number of carbonyl (C=O) groups is 1. The Morgan fingerprint density at radius 1 is 1.53 bits per heavy atom. The van der Waals surface area contributed by atoms with Gasteiger partial charge in [-0.15, -0.1) is 0 Å². The van der Waals surface area contributed by atoms with E-state index in [1.165, 1.54) is 12.1 Å². The van der Waals surface area contributed by atoms with Crippen LogP contribution in [0.1, 0.15) is 38.3 Å². The van der Waals surface area contributed by atoms with Gasteiger partial charge in [0.15, 0.2) is 0 Å². The molecule has 1 amide bonds. The van der Waals surface area contributed by atoms with Crippen LogP contribution in [-0.2, 0) is 4.79 Å². The third-order valence-corrected chi connectivity index (χ3v) is 2.44. The van der Waals surface area contributed by atoms with Gasteiger partial charge in [-0.3, -0.25) is 14.9 Å². The molecule has 0 aliphatic heterocycles. The van der Waals surface area contributed by atoms with Crippen molar-refractivity contribution in [1.29, 1.82) is 0 Å². The molecule has 1 rings (SSSR count). The summed E-state index contributed by atoms with van der Waals surface area (Å²) in [6.45, 7) is 3.74. The highest BCUT2D eigenvalue weighted by atomic mass is 16.6. The summed E-state index contributed by atoms with van der Waals surface area (Å²) in [5, 5.41) is 13.4. The molecule has 0 saturated heterocycles. The number of nitrogens with zero attached hydrogens (tertiary/aromatic N) is 1. The normalized spacial score (nSPS) is 11.9. The van der Waals surface area contributed by atoms with Gasteiger partial charge in [0.1, 0.15) is 0 Å². The number of benzene rings is 1. The van der Waals surface area contributed by atoms with Gasteiger partial charge in [-0.25, -0.2) is 0 Å². The second-order valence-corrected chi connectivity index (χ2v) is 3.89. The predicted molar refractivity (Wildman–Crippen MR) is 64.6 cm³/mol. The molecule has 0 bridgehead atoms. The Kier molecular flexibility index (Phi) is 4.63. The van der Waals surface area contributed by atoms with Crippen molar-refractivity contribution < 1.29 is 9.72 Å². The zero-order chi connectivity index (χ0) is 12.8. The van der Waals surface area contributed by atoms with Crippen molar-refractivity contribution in [1.82, 2.24) is 5.32 Å². The number of nitrogens with one attached hydrogen (secondary N) is 1. The molecule has 1 aromatic carbocycles. The standard InChI is InChI=1S/C12H16N2O3/c1-3-5-12(15)13-9(2)10-6-4-7-11(8-10)14(16)17/h4,6-9H,3,5H2,1-2H3,(H,13,15). The molecule has 0 fully saturated rings. The number of hydrogen-bond acceptors (Lipinski definition) is 3. The molecule has 0 radical (unpaired) electrons. The van der Waals surface area contributed by atoms with E-state index in [-0.39, 0.29) is 17.6 Å². The summed E-state index contributed by atoms with van der Waals surface area (Å²) in [6.07, 6.45) is 1.26. The van der Waals surface area contributed by atoms with Gasteiger partial charge >= 0.3 is 0 Å². The maximum Gasteiger partial charge on any atom is 0.269 e. The van der Waals surface area contributed by atoms with Crippen LogP contribution in [-0.4, -0.2) is 10.8 Å². The van der Waals surface area contributed by atoms with Crippen LogP contribution in [0.4, 0.5) is 5.69 Å². The zero-order valence-corrected chi connectivity index (χ0v) is 9.97. The van der Waals surface area contributed by atoms with E-state index < -0.39 is 4.92 Å². The number of hydrogen-bond donors (Lipinski definition) is 1. The summed E-state index contributed by atoms with van der Waals surface area (Å²) in [5.41, 5.74) is 0.780.